The van der Waals surface area contributed by atoms with Gasteiger partial charge in [-0.25, -0.2) is 0 Å². The first-order valence-corrected chi connectivity index (χ1v) is 6.97. The molecule has 2 atom stereocenters. The summed E-state index contributed by atoms with van der Waals surface area (Å²) in [6.45, 7) is 2.13. The number of hydrogen-bond donors (Lipinski definition) is 0. The highest BCUT2D eigenvalue weighted by atomic mass is 16.1. The monoisotopic (exact) mass is 250 g/mol. The van der Waals surface area contributed by atoms with Gasteiger partial charge in [-0.1, -0.05) is 61.5 Å². The zero-order valence-corrected chi connectivity index (χ0v) is 11.2. The number of benzene rings is 2. The predicted molar refractivity (Wildman–Crippen MR) is 77.4 cm³/mol. The van der Waals surface area contributed by atoms with Crippen LogP contribution in [-0.2, 0) is 6.42 Å². The summed E-state index contributed by atoms with van der Waals surface area (Å²) in [4.78, 5) is 12.4. The van der Waals surface area contributed by atoms with Crippen LogP contribution in [0.15, 0.2) is 54.6 Å². The molecule has 1 saturated carbocycles. The van der Waals surface area contributed by atoms with Gasteiger partial charge in [0.1, 0.15) is 0 Å². The molecule has 1 heteroatoms. The summed E-state index contributed by atoms with van der Waals surface area (Å²) in [5, 5.41) is 0. The van der Waals surface area contributed by atoms with Gasteiger partial charge in [0, 0.05) is 11.5 Å². The maximum atomic E-state index is 12.4. The lowest BCUT2D eigenvalue weighted by Gasteiger charge is -2.02. The highest BCUT2D eigenvalue weighted by Crippen LogP contribution is 2.49. The van der Waals surface area contributed by atoms with Crippen LogP contribution < -0.4 is 0 Å². The normalized spacial score (nSPS) is 21.1. The fraction of sp³-hybridized carbons (Fsp3) is 0.278. The van der Waals surface area contributed by atoms with Crippen LogP contribution in [0, 0.1) is 5.92 Å². The minimum atomic E-state index is 0.190. The molecule has 1 aliphatic carbocycles. The van der Waals surface area contributed by atoms with Gasteiger partial charge in [0.15, 0.2) is 5.78 Å². The Morgan fingerprint density at radius 1 is 1.05 bits per heavy atom. The lowest BCUT2D eigenvalue weighted by atomic mass is 10.0. The van der Waals surface area contributed by atoms with E-state index in [0.717, 1.165) is 18.4 Å². The van der Waals surface area contributed by atoms with Gasteiger partial charge < -0.3 is 0 Å². The zero-order valence-electron chi connectivity index (χ0n) is 11.2. The van der Waals surface area contributed by atoms with Crippen LogP contribution >= 0.6 is 0 Å². The van der Waals surface area contributed by atoms with Gasteiger partial charge in [-0.05, 0) is 29.9 Å². The van der Waals surface area contributed by atoms with Crippen LogP contribution in [0.4, 0.5) is 0 Å². The maximum absolute atomic E-state index is 12.4. The molecular formula is C18H18O. The Labute approximate surface area is 114 Å². The molecule has 1 fully saturated rings. The Morgan fingerprint density at radius 3 is 2.37 bits per heavy atom. The lowest BCUT2D eigenvalue weighted by Crippen LogP contribution is -2.03. The van der Waals surface area contributed by atoms with Crippen molar-refractivity contribution in [3.05, 3.63) is 71.3 Å². The Morgan fingerprint density at radius 2 is 1.74 bits per heavy atom. The van der Waals surface area contributed by atoms with Crippen molar-refractivity contribution in [1.82, 2.24) is 0 Å². The molecule has 2 aromatic carbocycles. The minimum absolute atomic E-state index is 0.190. The number of carbonyl (C=O) groups excluding carboxylic acids is 1. The standard InChI is InChI=1S/C18H18O/c1-2-13-8-10-15(11-9-13)18(19)17-12-16(17)14-6-4-3-5-7-14/h3-11,16-17H,2,12H2,1H3. The van der Waals surface area contributed by atoms with Crippen molar-refractivity contribution >= 4 is 5.78 Å². The van der Waals surface area contributed by atoms with Gasteiger partial charge in [0.25, 0.3) is 0 Å². The fourth-order valence-electron chi connectivity index (χ4n) is 2.67. The van der Waals surface area contributed by atoms with Gasteiger partial charge in [-0.3, -0.25) is 4.79 Å². The van der Waals surface area contributed by atoms with Crippen LogP contribution in [0.3, 0.4) is 0 Å². The van der Waals surface area contributed by atoms with E-state index >= 15 is 0 Å². The Kier molecular flexibility index (Phi) is 3.20. The molecule has 0 aliphatic heterocycles. The molecule has 0 N–H and O–H groups in total. The van der Waals surface area contributed by atoms with E-state index in [9.17, 15) is 4.79 Å². The molecule has 0 bridgehead atoms. The second kappa shape index (κ2) is 5.00. The molecule has 1 aliphatic rings. The second-order valence-corrected chi connectivity index (χ2v) is 5.27. The van der Waals surface area contributed by atoms with Crippen molar-refractivity contribution in [1.29, 1.82) is 0 Å². The third-order valence-electron chi connectivity index (χ3n) is 4.00. The summed E-state index contributed by atoms with van der Waals surface area (Å²) < 4.78 is 0. The summed E-state index contributed by atoms with van der Waals surface area (Å²) in [5.41, 5.74) is 3.44. The maximum Gasteiger partial charge on any atom is 0.166 e. The van der Waals surface area contributed by atoms with Crippen molar-refractivity contribution in [2.24, 2.45) is 5.92 Å². The summed E-state index contributed by atoms with van der Waals surface area (Å²) in [5.74, 6) is 0.922. The molecule has 2 unspecified atom stereocenters. The Bertz CT molecular complexity index is 568. The molecule has 0 aromatic heterocycles. The summed E-state index contributed by atoms with van der Waals surface area (Å²) in [7, 11) is 0. The molecule has 1 nitrogen and oxygen atoms in total. The van der Waals surface area contributed by atoms with Crippen molar-refractivity contribution in [2.45, 2.75) is 25.7 Å². The van der Waals surface area contributed by atoms with Crippen molar-refractivity contribution in [3.63, 3.8) is 0 Å². The highest BCUT2D eigenvalue weighted by molar-refractivity contribution is 6.00. The first-order valence-electron chi connectivity index (χ1n) is 6.97. The number of hydrogen-bond acceptors (Lipinski definition) is 1. The average molecular weight is 250 g/mol. The molecule has 0 spiro atoms. The average Bonchev–Trinajstić information content (AvgIpc) is 3.28. The van der Waals surface area contributed by atoms with E-state index in [-0.39, 0.29) is 5.92 Å². The molecule has 96 valence electrons. The van der Waals surface area contributed by atoms with E-state index in [0.29, 0.717) is 11.7 Å². The number of ketones is 1. The Balaban J connectivity index is 1.72. The van der Waals surface area contributed by atoms with Gasteiger partial charge in [0.05, 0.1) is 0 Å². The van der Waals surface area contributed by atoms with Gasteiger partial charge >= 0.3 is 0 Å². The van der Waals surface area contributed by atoms with Crippen molar-refractivity contribution < 1.29 is 4.79 Å². The summed E-state index contributed by atoms with van der Waals surface area (Å²) in [6, 6.07) is 18.4. The fourth-order valence-corrected chi connectivity index (χ4v) is 2.67. The van der Waals surface area contributed by atoms with E-state index in [1.807, 2.05) is 30.3 Å². The number of rotatable bonds is 4. The molecule has 0 amide bonds. The van der Waals surface area contributed by atoms with Crippen LogP contribution in [0.2, 0.25) is 0 Å². The molecule has 19 heavy (non-hydrogen) atoms. The predicted octanol–water partition coefficient (Wildman–Crippen LogP) is 4.24. The molecule has 0 saturated heterocycles. The molecule has 2 aromatic rings. The first kappa shape index (κ1) is 12.2. The van der Waals surface area contributed by atoms with Gasteiger partial charge in [0.2, 0.25) is 0 Å². The minimum Gasteiger partial charge on any atom is -0.294 e. The van der Waals surface area contributed by atoms with Gasteiger partial charge in [-0.15, -0.1) is 0 Å². The van der Waals surface area contributed by atoms with Crippen LogP contribution in [0.25, 0.3) is 0 Å². The van der Waals surface area contributed by atoms with Crippen LogP contribution in [0.5, 0.6) is 0 Å². The largest absolute Gasteiger partial charge is 0.294 e. The van der Waals surface area contributed by atoms with Gasteiger partial charge in [-0.2, -0.15) is 0 Å². The third kappa shape index (κ3) is 2.46. The SMILES string of the molecule is CCc1ccc(C(=O)C2CC2c2ccccc2)cc1. The van der Waals surface area contributed by atoms with Crippen molar-refractivity contribution in [2.75, 3.05) is 0 Å². The number of aryl methyl sites for hydroxylation is 1. The summed E-state index contributed by atoms with van der Waals surface area (Å²) in [6.07, 6.45) is 2.02. The quantitative estimate of drug-likeness (QED) is 0.742. The van der Waals surface area contributed by atoms with E-state index in [1.54, 1.807) is 0 Å². The number of carbonyl (C=O) groups is 1. The van der Waals surface area contributed by atoms with E-state index < -0.39 is 0 Å². The molecule has 3 rings (SSSR count). The first-order chi connectivity index (χ1) is 9.29. The Hall–Kier alpha value is -1.89. The van der Waals surface area contributed by atoms with E-state index in [2.05, 4.69) is 31.2 Å². The number of Topliss-reactive ketones (excluding diaryl/α,β-unsaturated/α-hetero) is 1. The smallest absolute Gasteiger partial charge is 0.166 e. The van der Waals surface area contributed by atoms with E-state index in [1.165, 1.54) is 11.1 Å². The lowest BCUT2D eigenvalue weighted by molar-refractivity contribution is 0.0965. The topological polar surface area (TPSA) is 17.1 Å². The summed E-state index contributed by atoms with van der Waals surface area (Å²) >= 11 is 0. The van der Waals surface area contributed by atoms with Crippen molar-refractivity contribution in [3.8, 4) is 0 Å². The third-order valence-corrected chi connectivity index (χ3v) is 4.00. The van der Waals surface area contributed by atoms with Crippen LogP contribution in [-0.4, -0.2) is 5.78 Å². The second-order valence-electron chi connectivity index (χ2n) is 5.27. The zero-order chi connectivity index (χ0) is 13.2. The molecular weight excluding hydrogens is 232 g/mol. The highest BCUT2D eigenvalue weighted by Gasteiger charge is 2.43. The van der Waals surface area contributed by atoms with E-state index in [4.69, 9.17) is 0 Å². The molecule has 0 heterocycles. The molecule has 0 radical (unpaired) electrons. The van der Waals surface area contributed by atoms with Crippen LogP contribution in [0.1, 0.15) is 40.7 Å².